The Morgan fingerprint density at radius 2 is 2.04 bits per heavy atom. The number of aromatic nitrogens is 2. The Bertz CT molecular complexity index is 1260. The highest BCUT2D eigenvalue weighted by atomic mass is 32.1. The van der Waals surface area contributed by atoms with Crippen LogP contribution in [0.4, 0.5) is 11.4 Å². The molecule has 6 heteroatoms. The molecular formula is C21H18N4SSi. The van der Waals surface area contributed by atoms with Crippen LogP contribution in [0.5, 0.6) is 0 Å². The van der Waals surface area contributed by atoms with Crippen molar-refractivity contribution in [1.29, 1.82) is 5.26 Å². The number of aromatic amines is 1. The van der Waals surface area contributed by atoms with Gasteiger partial charge in [0, 0.05) is 34.4 Å². The van der Waals surface area contributed by atoms with Gasteiger partial charge in [0.15, 0.2) is 0 Å². The van der Waals surface area contributed by atoms with Crippen LogP contribution in [0.2, 0.25) is 19.6 Å². The lowest BCUT2D eigenvalue weighted by Crippen LogP contribution is -2.16. The lowest BCUT2D eigenvalue weighted by atomic mass is 10.1. The third-order valence-corrected chi connectivity index (χ3v) is 5.90. The summed E-state index contributed by atoms with van der Waals surface area (Å²) < 4.78 is 0. The van der Waals surface area contributed by atoms with Crippen LogP contribution in [0.1, 0.15) is 10.4 Å². The van der Waals surface area contributed by atoms with Crippen molar-refractivity contribution in [3.8, 4) is 17.5 Å². The van der Waals surface area contributed by atoms with Crippen molar-refractivity contribution in [2.24, 2.45) is 0 Å². The maximum atomic E-state index is 9.56. The molecule has 0 saturated carbocycles. The highest BCUT2D eigenvalue weighted by Crippen LogP contribution is 2.34. The van der Waals surface area contributed by atoms with E-state index in [1.807, 2.05) is 30.5 Å². The van der Waals surface area contributed by atoms with E-state index in [0.717, 1.165) is 37.4 Å². The van der Waals surface area contributed by atoms with Crippen LogP contribution >= 0.6 is 11.3 Å². The lowest BCUT2D eigenvalue weighted by Gasteiger charge is -2.09. The van der Waals surface area contributed by atoms with Gasteiger partial charge < -0.3 is 10.3 Å². The van der Waals surface area contributed by atoms with E-state index >= 15 is 0 Å². The molecule has 3 heterocycles. The summed E-state index contributed by atoms with van der Waals surface area (Å²) in [7, 11) is -1.45. The fourth-order valence-electron chi connectivity index (χ4n) is 2.79. The van der Waals surface area contributed by atoms with Gasteiger partial charge in [-0.05, 0) is 30.3 Å². The molecule has 0 aliphatic heterocycles. The zero-order chi connectivity index (χ0) is 19.0. The van der Waals surface area contributed by atoms with Crippen molar-refractivity contribution in [3.63, 3.8) is 0 Å². The molecule has 2 N–H and O–H groups in total. The molecule has 0 fully saturated rings. The molecule has 0 spiro atoms. The van der Waals surface area contributed by atoms with Gasteiger partial charge in [-0.2, -0.15) is 5.26 Å². The first-order valence-corrected chi connectivity index (χ1v) is 12.9. The minimum Gasteiger partial charge on any atom is -0.361 e. The second-order valence-corrected chi connectivity index (χ2v) is 13.2. The van der Waals surface area contributed by atoms with Gasteiger partial charge in [0.05, 0.1) is 16.1 Å². The number of pyridine rings is 1. The standard InChI is InChI=1S/C21H18N4SSi/c1-27(2,3)9-7-17-11-18-20(15(12-22)13-24-21(18)26-17)25-16-4-5-19-14(10-16)6-8-23-19/h4-6,8,10-11,13,23H,1-3H3,(H,24,25). The van der Waals surface area contributed by atoms with Crippen molar-refractivity contribution >= 4 is 51.9 Å². The quantitative estimate of drug-likeness (QED) is 0.347. The smallest absolute Gasteiger partial charge is 0.129 e. The summed E-state index contributed by atoms with van der Waals surface area (Å²) >= 11 is 1.57. The van der Waals surface area contributed by atoms with E-state index in [2.05, 4.69) is 58.5 Å². The van der Waals surface area contributed by atoms with E-state index in [9.17, 15) is 5.26 Å². The summed E-state index contributed by atoms with van der Waals surface area (Å²) in [5, 5.41) is 15.0. The van der Waals surface area contributed by atoms with Crippen LogP contribution in [0.25, 0.3) is 21.1 Å². The highest BCUT2D eigenvalue weighted by Gasteiger charge is 2.13. The first-order valence-electron chi connectivity index (χ1n) is 8.63. The second-order valence-electron chi connectivity index (χ2n) is 7.39. The third kappa shape index (κ3) is 3.59. The summed E-state index contributed by atoms with van der Waals surface area (Å²) in [6, 6.07) is 12.4. The van der Waals surface area contributed by atoms with Crippen LogP contribution in [-0.2, 0) is 0 Å². The fourth-order valence-corrected chi connectivity index (χ4v) is 4.26. The predicted octanol–water partition coefficient (Wildman–Crippen LogP) is 5.62. The van der Waals surface area contributed by atoms with Crippen LogP contribution in [0.3, 0.4) is 0 Å². The molecule has 0 unspecified atom stereocenters. The number of benzene rings is 1. The maximum absolute atomic E-state index is 9.56. The molecule has 0 atom stereocenters. The van der Waals surface area contributed by atoms with Crippen molar-refractivity contribution in [2.45, 2.75) is 19.6 Å². The third-order valence-electron chi connectivity index (χ3n) is 4.07. The van der Waals surface area contributed by atoms with Gasteiger partial charge in [-0.25, -0.2) is 4.98 Å². The Hall–Kier alpha value is -3.06. The molecule has 0 aliphatic rings. The average Bonchev–Trinajstić information content (AvgIpc) is 3.25. The molecule has 3 aromatic heterocycles. The van der Waals surface area contributed by atoms with Crippen molar-refractivity contribution in [3.05, 3.63) is 53.2 Å². The van der Waals surface area contributed by atoms with Gasteiger partial charge in [0.1, 0.15) is 19.0 Å². The normalized spacial score (nSPS) is 11.2. The monoisotopic (exact) mass is 386 g/mol. The zero-order valence-corrected chi connectivity index (χ0v) is 17.2. The van der Waals surface area contributed by atoms with E-state index < -0.39 is 8.07 Å². The van der Waals surface area contributed by atoms with E-state index in [0.29, 0.717) is 5.56 Å². The van der Waals surface area contributed by atoms with Crippen LogP contribution in [0.15, 0.2) is 42.7 Å². The Kier molecular flexibility index (Phi) is 4.23. The molecule has 4 aromatic rings. The van der Waals surface area contributed by atoms with Crippen LogP contribution in [-0.4, -0.2) is 18.0 Å². The number of H-pyrrole nitrogens is 1. The number of nitrogens with one attached hydrogen (secondary N) is 2. The minimum absolute atomic E-state index is 0.527. The van der Waals surface area contributed by atoms with Crippen LogP contribution < -0.4 is 5.32 Å². The van der Waals surface area contributed by atoms with E-state index in [1.54, 1.807) is 17.5 Å². The van der Waals surface area contributed by atoms with E-state index in [4.69, 9.17) is 0 Å². The lowest BCUT2D eigenvalue weighted by molar-refractivity contribution is 1.38. The second kappa shape index (κ2) is 6.59. The molecule has 0 bridgehead atoms. The average molecular weight is 387 g/mol. The van der Waals surface area contributed by atoms with Gasteiger partial charge in [0.2, 0.25) is 0 Å². The molecule has 0 aliphatic carbocycles. The highest BCUT2D eigenvalue weighted by molar-refractivity contribution is 7.19. The van der Waals surface area contributed by atoms with Gasteiger partial charge in [-0.3, -0.25) is 0 Å². The first-order chi connectivity index (χ1) is 12.9. The molecule has 1 aromatic carbocycles. The number of hydrogen-bond donors (Lipinski definition) is 2. The number of nitrogens with zero attached hydrogens (tertiary/aromatic N) is 2. The summed E-state index contributed by atoms with van der Waals surface area (Å²) in [5.74, 6) is 3.30. The van der Waals surface area contributed by atoms with Gasteiger partial charge >= 0.3 is 0 Å². The largest absolute Gasteiger partial charge is 0.361 e. The summed E-state index contributed by atoms with van der Waals surface area (Å²) in [6.45, 7) is 6.68. The van der Waals surface area contributed by atoms with E-state index in [1.165, 1.54) is 0 Å². The van der Waals surface area contributed by atoms with Gasteiger partial charge in [-0.1, -0.05) is 25.6 Å². The molecule has 4 nitrogen and oxygen atoms in total. The summed E-state index contributed by atoms with van der Waals surface area (Å²) in [5.41, 5.74) is 6.73. The topological polar surface area (TPSA) is 64.5 Å². The Labute approximate surface area is 162 Å². The maximum Gasteiger partial charge on any atom is 0.129 e. The predicted molar refractivity (Wildman–Crippen MR) is 116 cm³/mol. The minimum atomic E-state index is -1.45. The molecule has 4 rings (SSSR count). The number of hydrogen-bond acceptors (Lipinski definition) is 4. The summed E-state index contributed by atoms with van der Waals surface area (Å²) in [4.78, 5) is 9.52. The van der Waals surface area contributed by atoms with Gasteiger partial charge in [-0.15, -0.1) is 16.9 Å². The fraction of sp³-hybridized carbons (Fsp3) is 0.143. The number of nitriles is 1. The summed E-state index contributed by atoms with van der Waals surface area (Å²) in [6.07, 6.45) is 3.55. The Morgan fingerprint density at radius 3 is 2.81 bits per heavy atom. The van der Waals surface area contributed by atoms with Crippen LogP contribution in [0, 0.1) is 22.8 Å². The molecule has 27 heavy (non-hydrogen) atoms. The number of anilines is 2. The van der Waals surface area contributed by atoms with Crippen molar-refractivity contribution in [1.82, 2.24) is 9.97 Å². The SMILES string of the molecule is C[Si](C)(C)C#Cc1cc2c(Nc3ccc4[nH]ccc4c3)c(C#N)cnc2s1. The molecule has 132 valence electrons. The van der Waals surface area contributed by atoms with E-state index in [-0.39, 0.29) is 0 Å². The molecule has 0 saturated heterocycles. The Balaban J connectivity index is 1.80. The van der Waals surface area contributed by atoms with Crippen molar-refractivity contribution in [2.75, 3.05) is 5.32 Å². The zero-order valence-electron chi connectivity index (χ0n) is 15.3. The van der Waals surface area contributed by atoms with Crippen molar-refractivity contribution < 1.29 is 0 Å². The number of rotatable bonds is 2. The number of thiophene rings is 1. The number of fused-ring (bicyclic) bond motifs is 2. The Morgan fingerprint density at radius 1 is 1.19 bits per heavy atom. The molecular weight excluding hydrogens is 368 g/mol. The molecule has 0 amide bonds. The first kappa shape index (κ1) is 17.4. The van der Waals surface area contributed by atoms with Gasteiger partial charge in [0.25, 0.3) is 0 Å². The molecule has 0 radical (unpaired) electrons.